The Morgan fingerprint density at radius 2 is 1.68 bits per heavy atom. The fourth-order valence-electron chi connectivity index (χ4n) is 3.64. The van der Waals surface area contributed by atoms with Crippen LogP contribution >= 0.6 is 0 Å². The van der Waals surface area contributed by atoms with E-state index in [0.717, 1.165) is 12.1 Å². The van der Waals surface area contributed by atoms with Crippen molar-refractivity contribution >= 4 is 23.2 Å². The molecule has 0 bridgehead atoms. The SMILES string of the molecule is Nc1ccccc1C(=O)N1CCC[C@H]1C(=O)Nc1ccccc1-n1cccc1. The zero-order chi connectivity index (χ0) is 19.5. The monoisotopic (exact) mass is 374 g/mol. The molecule has 2 heterocycles. The van der Waals surface area contributed by atoms with Crippen molar-refractivity contribution in [3.63, 3.8) is 0 Å². The molecular formula is C22H22N4O2. The highest BCUT2D eigenvalue weighted by Crippen LogP contribution is 2.25. The first kappa shape index (κ1) is 17.9. The molecule has 1 aliphatic rings. The molecule has 2 amide bonds. The molecule has 1 saturated heterocycles. The van der Waals surface area contributed by atoms with Gasteiger partial charge in [-0.2, -0.15) is 0 Å². The lowest BCUT2D eigenvalue weighted by molar-refractivity contribution is -0.119. The van der Waals surface area contributed by atoms with Crippen LogP contribution in [-0.2, 0) is 4.79 Å². The van der Waals surface area contributed by atoms with Gasteiger partial charge in [-0.3, -0.25) is 9.59 Å². The van der Waals surface area contributed by atoms with Crippen LogP contribution in [0.4, 0.5) is 11.4 Å². The van der Waals surface area contributed by atoms with E-state index in [0.29, 0.717) is 29.9 Å². The standard InChI is InChI=1S/C22H22N4O2/c23-17-9-2-1-8-16(17)22(28)26-15-7-12-20(26)21(27)24-18-10-3-4-11-19(18)25-13-5-6-14-25/h1-6,8-11,13-14,20H,7,12,15,23H2,(H,24,27)/t20-/m0/s1. The average Bonchev–Trinajstić information content (AvgIpc) is 3.40. The van der Waals surface area contributed by atoms with Crippen molar-refractivity contribution < 1.29 is 9.59 Å². The Kier molecular flexibility index (Phi) is 4.85. The zero-order valence-corrected chi connectivity index (χ0v) is 15.4. The maximum absolute atomic E-state index is 13.0. The van der Waals surface area contributed by atoms with Crippen LogP contribution in [0.1, 0.15) is 23.2 Å². The Bertz CT molecular complexity index is 997. The summed E-state index contributed by atoms with van der Waals surface area (Å²) >= 11 is 0. The van der Waals surface area contributed by atoms with Gasteiger partial charge in [0, 0.05) is 24.6 Å². The number of anilines is 2. The van der Waals surface area contributed by atoms with Crippen molar-refractivity contribution in [3.8, 4) is 5.69 Å². The van der Waals surface area contributed by atoms with Gasteiger partial charge >= 0.3 is 0 Å². The van der Waals surface area contributed by atoms with E-state index >= 15 is 0 Å². The summed E-state index contributed by atoms with van der Waals surface area (Å²) in [6.07, 6.45) is 5.27. The molecule has 142 valence electrons. The van der Waals surface area contributed by atoms with E-state index in [4.69, 9.17) is 5.73 Å². The summed E-state index contributed by atoms with van der Waals surface area (Å²) < 4.78 is 1.94. The number of nitrogen functional groups attached to an aromatic ring is 1. The third-order valence-corrected chi connectivity index (χ3v) is 5.05. The van der Waals surface area contributed by atoms with Gasteiger partial charge in [-0.15, -0.1) is 0 Å². The van der Waals surface area contributed by atoms with Crippen LogP contribution in [0.15, 0.2) is 73.1 Å². The number of nitrogens with zero attached hydrogens (tertiary/aromatic N) is 2. The van der Waals surface area contributed by atoms with E-state index in [2.05, 4.69) is 5.32 Å². The Hall–Kier alpha value is -3.54. The number of hydrogen-bond donors (Lipinski definition) is 2. The van der Waals surface area contributed by atoms with Gasteiger partial charge in [0.1, 0.15) is 6.04 Å². The van der Waals surface area contributed by atoms with Gasteiger partial charge in [0.2, 0.25) is 5.91 Å². The number of carbonyl (C=O) groups is 2. The minimum atomic E-state index is -0.509. The van der Waals surface area contributed by atoms with Crippen LogP contribution in [0.25, 0.3) is 5.69 Å². The molecule has 0 saturated carbocycles. The molecule has 0 radical (unpaired) electrons. The Balaban J connectivity index is 1.56. The lowest BCUT2D eigenvalue weighted by Gasteiger charge is -2.25. The highest BCUT2D eigenvalue weighted by Gasteiger charge is 2.35. The van der Waals surface area contributed by atoms with Gasteiger partial charge in [0.05, 0.1) is 16.9 Å². The number of para-hydroxylation sites is 3. The van der Waals surface area contributed by atoms with E-state index in [1.807, 2.05) is 53.4 Å². The second-order valence-corrected chi connectivity index (χ2v) is 6.84. The maximum atomic E-state index is 13.0. The number of rotatable bonds is 4. The van der Waals surface area contributed by atoms with Crippen molar-refractivity contribution in [1.29, 1.82) is 0 Å². The minimum Gasteiger partial charge on any atom is -0.398 e. The normalized spacial score (nSPS) is 16.1. The summed E-state index contributed by atoms with van der Waals surface area (Å²) in [5, 5.41) is 3.01. The van der Waals surface area contributed by atoms with Crippen LogP contribution in [0, 0.1) is 0 Å². The molecule has 4 rings (SSSR count). The number of nitrogens with one attached hydrogen (secondary N) is 1. The molecule has 28 heavy (non-hydrogen) atoms. The predicted molar refractivity (Wildman–Crippen MR) is 109 cm³/mol. The van der Waals surface area contributed by atoms with E-state index in [-0.39, 0.29) is 11.8 Å². The summed E-state index contributed by atoms with van der Waals surface area (Å²) in [5.74, 6) is -0.380. The van der Waals surface area contributed by atoms with Crippen LogP contribution < -0.4 is 11.1 Å². The van der Waals surface area contributed by atoms with Crippen molar-refractivity contribution in [2.45, 2.75) is 18.9 Å². The molecule has 1 atom stereocenters. The number of likely N-dealkylation sites (tertiary alicyclic amines) is 1. The molecule has 3 N–H and O–H groups in total. The summed E-state index contributed by atoms with van der Waals surface area (Å²) in [6, 6.07) is 17.9. The Morgan fingerprint density at radius 3 is 2.46 bits per heavy atom. The van der Waals surface area contributed by atoms with Crippen LogP contribution in [-0.4, -0.2) is 33.9 Å². The smallest absolute Gasteiger partial charge is 0.256 e. The van der Waals surface area contributed by atoms with Crippen molar-refractivity contribution in [2.75, 3.05) is 17.6 Å². The number of aromatic nitrogens is 1. The molecule has 0 unspecified atom stereocenters. The van der Waals surface area contributed by atoms with Gasteiger partial charge in [0.25, 0.3) is 5.91 Å². The van der Waals surface area contributed by atoms with Crippen molar-refractivity contribution in [3.05, 3.63) is 78.6 Å². The molecule has 3 aromatic rings. The maximum Gasteiger partial charge on any atom is 0.256 e. The first-order valence-electron chi connectivity index (χ1n) is 9.34. The molecule has 6 nitrogen and oxygen atoms in total. The largest absolute Gasteiger partial charge is 0.398 e. The van der Waals surface area contributed by atoms with Gasteiger partial charge in [-0.25, -0.2) is 0 Å². The van der Waals surface area contributed by atoms with E-state index < -0.39 is 6.04 Å². The summed E-state index contributed by atoms with van der Waals surface area (Å²) in [4.78, 5) is 27.6. The topological polar surface area (TPSA) is 80.4 Å². The number of benzene rings is 2. The number of carbonyl (C=O) groups excluding carboxylic acids is 2. The first-order chi connectivity index (χ1) is 13.6. The van der Waals surface area contributed by atoms with Crippen molar-refractivity contribution in [2.24, 2.45) is 0 Å². The Morgan fingerprint density at radius 1 is 0.964 bits per heavy atom. The highest BCUT2D eigenvalue weighted by molar-refractivity contribution is 6.04. The fraction of sp³-hybridized carbons (Fsp3) is 0.182. The zero-order valence-electron chi connectivity index (χ0n) is 15.4. The van der Waals surface area contributed by atoms with E-state index in [1.54, 1.807) is 29.2 Å². The first-order valence-corrected chi connectivity index (χ1v) is 9.34. The number of nitrogens with two attached hydrogens (primary N) is 1. The molecule has 1 fully saturated rings. The van der Waals surface area contributed by atoms with E-state index in [1.165, 1.54) is 0 Å². The third kappa shape index (κ3) is 3.36. The van der Waals surface area contributed by atoms with Crippen LogP contribution in [0.5, 0.6) is 0 Å². The molecule has 0 spiro atoms. The fourth-order valence-corrected chi connectivity index (χ4v) is 3.64. The third-order valence-electron chi connectivity index (χ3n) is 5.05. The van der Waals surface area contributed by atoms with Crippen molar-refractivity contribution in [1.82, 2.24) is 9.47 Å². The van der Waals surface area contributed by atoms with Crippen LogP contribution in [0.2, 0.25) is 0 Å². The molecule has 6 heteroatoms. The molecule has 1 aliphatic heterocycles. The summed E-state index contributed by atoms with van der Waals surface area (Å²) in [5.41, 5.74) is 8.41. The Labute approximate surface area is 163 Å². The minimum absolute atomic E-state index is 0.181. The van der Waals surface area contributed by atoms with Crippen LogP contribution in [0.3, 0.4) is 0 Å². The van der Waals surface area contributed by atoms with E-state index in [9.17, 15) is 9.59 Å². The predicted octanol–water partition coefficient (Wildman–Crippen LogP) is 3.30. The quantitative estimate of drug-likeness (QED) is 0.688. The molecule has 1 aromatic heterocycles. The molecule has 0 aliphatic carbocycles. The van der Waals surface area contributed by atoms with Gasteiger partial charge in [0.15, 0.2) is 0 Å². The summed E-state index contributed by atoms with van der Waals surface area (Å²) in [6.45, 7) is 0.546. The number of amides is 2. The number of hydrogen-bond acceptors (Lipinski definition) is 3. The van der Waals surface area contributed by atoms with Gasteiger partial charge < -0.3 is 20.5 Å². The lowest BCUT2D eigenvalue weighted by Crippen LogP contribution is -2.43. The lowest BCUT2D eigenvalue weighted by atomic mass is 10.1. The molecular weight excluding hydrogens is 352 g/mol. The second kappa shape index (κ2) is 7.60. The van der Waals surface area contributed by atoms with Gasteiger partial charge in [-0.05, 0) is 49.2 Å². The molecule has 2 aromatic carbocycles. The summed E-state index contributed by atoms with van der Waals surface area (Å²) in [7, 11) is 0. The van der Waals surface area contributed by atoms with Gasteiger partial charge in [-0.1, -0.05) is 24.3 Å². The average molecular weight is 374 g/mol. The highest BCUT2D eigenvalue weighted by atomic mass is 16.2. The second-order valence-electron chi connectivity index (χ2n) is 6.84.